The van der Waals surface area contributed by atoms with E-state index in [1.807, 2.05) is 6.92 Å². The second kappa shape index (κ2) is 3.08. The molecule has 0 unspecified atom stereocenters. The fourth-order valence-electron chi connectivity index (χ4n) is 1.68. The molecule has 1 N–H and O–H groups in total. The van der Waals surface area contributed by atoms with E-state index >= 15 is 0 Å². The normalized spacial score (nSPS) is 10.9. The lowest BCUT2D eigenvalue weighted by molar-refractivity contribution is 0.767. The summed E-state index contributed by atoms with van der Waals surface area (Å²) in [4.78, 5) is 16.3. The number of nitrogens with one attached hydrogen (secondary N) is 1. The van der Waals surface area contributed by atoms with Gasteiger partial charge in [0.1, 0.15) is 5.52 Å². The third kappa shape index (κ3) is 1.21. The molecule has 15 heavy (non-hydrogen) atoms. The number of rotatable bonds is 1. The smallest absolute Gasteiger partial charge is 0.280 e. The van der Waals surface area contributed by atoms with Crippen LogP contribution in [0.1, 0.15) is 5.69 Å². The van der Waals surface area contributed by atoms with Crippen LogP contribution >= 0.6 is 0 Å². The van der Waals surface area contributed by atoms with E-state index in [9.17, 15) is 4.79 Å². The summed E-state index contributed by atoms with van der Waals surface area (Å²) in [5.74, 6) is 0.545. The third-order valence-electron chi connectivity index (χ3n) is 2.46. The number of hydrogen-bond donors (Lipinski definition) is 1. The Morgan fingerprint density at radius 1 is 1.33 bits per heavy atom. The maximum Gasteiger partial charge on any atom is 0.280 e. The molecule has 2 aromatic rings. The summed E-state index contributed by atoms with van der Waals surface area (Å²) in [5, 5.41) is 7.06. The summed E-state index contributed by atoms with van der Waals surface area (Å²) >= 11 is 0. The Hall–Kier alpha value is -1.85. The lowest BCUT2D eigenvalue weighted by atomic mass is 10.3. The van der Waals surface area contributed by atoms with Crippen LogP contribution in [-0.4, -0.2) is 26.4 Å². The van der Waals surface area contributed by atoms with Crippen molar-refractivity contribution in [3.05, 3.63) is 16.0 Å². The molecular formula is C9H13N5O. The fraction of sp³-hybridized carbons (Fsp3) is 0.444. The molecule has 0 amide bonds. The Labute approximate surface area is 86.5 Å². The van der Waals surface area contributed by atoms with Crippen molar-refractivity contribution in [1.82, 2.24) is 19.3 Å². The number of aromatic nitrogens is 4. The highest BCUT2D eigenvalue weighted by molar-refractivity contribution is 5.77. The number of fused-ring (bicyclic) bond motifs is 1. The summed E-state index contributed by atoms with van der Waals surface area (Å²) in [7, 11) is 5.17. The molecule has 0 saturated carbocycles. The van der Waals surface area contributed by atoms with Crippen LogP contribution in [0.25, 0.3) is 11.0 Å². The Morgan fingerprint density at radius 2 is 2.00 bits per heavy atom. The number of nitrogens with zero attached hydrogens (tertiary/aromatic N) is 4. The minimum absolute atomic E-state index is 0.0903. The van der Waals surface area contributed by atoms with Crippen LogP contribution < -0.4 is 10.9 Å². The summed E-state index contributed by atoms with van der Waals surface area (Å²) in [6.07, 6.45) is 0. The molecule has 80 valence electrons. The van der Waals surface area contributed by atoms with Gasteiger partial charge in [-0.15, -0.1) is 0 Å². The van der Waals surface area contributed by atoms with Crippen molar-refractivity contribution >= 4 is 17.0 Å². The van der Waals surface area contributed by atoms with Gasteiger partial charge in [0.2, 0.25) is 5.95 Å². The maximum atomic E-state index is 12.0. The third-order valence-corrected chi connectivity index (χ3v) is 2.46. The second-order valence-electron chi connectivity index (χ2n) is 3.46. The highest BCUT2D eigenvalue weighted by Gasteiger charge is 2.13. The van der Waals surface area contributed by atoms with Gasteiger partial charge in [-0.1, -0.05) is 0 Å². The van der Waals surface area contributed by atoms with E-state index in [2.05, 4.69) is 15.4 Å². The van der Waals surface area contributed by atoms with Crippen LogP contribution in [-0.2, 0) is 14.1 Å². The number of aryl methyl sites for hydroxylation is 2. The molecule has 0 bridgehead atoms. The molecule has 6 heteroatoms. The van der Waals surface area contributed by atoms with E-state index in [0.29, 0.717) is 17.0 Å². The van der Waals surface area contributed by atoms with E-state index in [4.69, 9.17) is 0 Å². The molecule has 0 atom stereocenters. The molecule has 0 aliphatic heterocycles. The van der Waals surface area contributed by atoms with Crippen LogP contribution in [0.15, 0.2) is 4.79 Å². The molecule has 0 saturated heterocycles. The van der Waals surface area contributed by atoms with Crippen molar-refractivity contribution in [3.8, 4) is 0 Å². The summed E-state index contributed by atoms with van der Waals surface area (Å²) in [6.45, 7) is 1.84. The molecule has 0 fully saturated rings. The van der Waals surface area contributed by atoms with E-state index in [0.717, 1.165) is 5.69 Å². The first-order chi connectivity index (χ1) is 7.06. The first-order valence-electron chi connectivity index (χ1n) is 4.64. The Bertz CT molecular complexity index is 580. The average Bonchev–Trinajstić information content (AvgIpc) is 2.47. The van der Waals surface area contributed by atoms with Gasteiger partial charge in [-0.3, -0.25) is 14.0 Å². The van der Waals surface area contributed by atoms with Crippen molar-refractivity contribution in [3.63, 3.8) is 0 Å². The molecule has 2 heterocycles. The van der Waals surface area contributed by atoms with Gasteiger partial charge < -0.3 is 5.32 Å². The lowest BCUT2D eigenvalue weighted by Crippen LogP contribution is -2.22. The molecule has 2 aromatic heterocycles. The zero-order valence-electron chi connectivity index (χ0n) is 9.20. The molecule has 6 nitrogen and oxygen atoms in total. The zero-order chi connectivity index (χ0) is 11.2. The van der Waals surface area contributed by atoms with Crippen molar-refractivity contribution in [2.24, 2.45) is 14.1 Å². The van der Waals surface area contributed by atoms with Gasteiger partial charge >= 0.3 is 0 Å². The van der Waals surface area contributed by atoms with Crippen LogP contribution in [0.3, 0.4) is 0 Å². The van der Waals surface area contributed by atoms with E-state index in [-0.39, 0.29) is 5.56 Å². The van der Waals surface area contributed by atoms with Gasteiger partial charge in [0.05, 0.1) is 5.69 Å². The Kier molecular flexibility index (Phi) is 1.99. The lowest BCUT2D eigenvalue weighted by Gasteiger charge is -2.05. The van der Waals surface area contributed by atoms with Crippen molar-refractivity contribution < 1.29 is 0 Å². The highest BCUT2D eigenvalue weighted by Crippen LogP contribution is 2.12. The SMILES string of the molecule is CNc1nc2c(C)nn(C)c2c(=O)n1C. The Balaban J connectivity index is 3.00. The number of anilines is 1. The minimum atomic E-state index is -0.0903. The van der Waals surface area contributed by atoms with Gasteiger partial charge in [0.25, 0.3) is 5.56 Å². The van der Waals surface area contributed by atoms with Crippen LogP contribution in [0.4, 0.5) is 5.95 Å². The molecule has 0 radical (unpaired) electrons. The molecule has 0 aliphatic rings. The van der Waals surface area contributed by atoms with Crippen molar-refractivity contribution in [2.45, 2.75) is 6.92 Å². The van der Waals surface area contributed by atoms with Crippen molar-refractivity contribution in [2.75, 3.05) is 12.4 Å². The highest BCUT2D eigenvalue weighted by atomic mass is 16.1. The zero-order valence-corrected chi connectivity index (χ0v) is 9.20. The first kappa shape index (κ1) is 9.70. The molecule has 2 rings (SSSR count). The summed E-state index contributed by atoms with van der Waals surface area (Å²) < 4.78 is 3.04. The Morgan fingerprint density at radius 3 is 2.60 bits per heavy atom. The van der Waals surface area contributed by atoms with Crippen LogP contribution in [0, 0.1) is 6.92 Å². The topological polar surface area (TPSA) is 64.7 Å². The predicted molar refractivity (Wildman–Crippen MR) is 58.0 cm³/mol. The maximum absolute atomic E-state index is 12.0. The summed E-state index contributed by atoms with van der Waals surface area (Å²) in [5.41, 5.74) is 1.87. The van der Waals surface area contributed by atoms with Gasteiger partial charge in [0, 0.05) is 21.1 Å². The molecular weight excluding hydrogens is 194 g/mol. The van der Waals surface area contributed by atoms with Gasteiger partial charge in [-0.2, -0.15) is 5.10 Å². The van der Waals surface area contributed by atoms with Gasteiger partial charge in [-0.25, -0.2) is 4.98 Å². The standard InChI is InChI=1S/C9H13N5O/c1-5-6-7(14(4)12-5)8(15)13(3)9(10-2)11-6/h1-4H3,(H,10,11). The van der Waals surface area contributed by atoms with E-state index in [1.54, 1.807) is 25.8 Å². The van der Waals surface area contributed by atoms with Gasteiger partial charge in [0.15, 0.2) is 5.52 Å². The van der Waals surface area contributed by atoms with Crippen molar-refractivity contribution in [1.29, 1.82) is 0 Å². The monoisotopic (exact) mass is 207 g/mol. The fourth-order valence-corrected chi connectivity index (χ4v) is 1.68. The van der Waals surface area contributed by atoms with Crippen LogP contribution in [0.2, 0.25) is 0 Å². The predicted octanol–water partition coefficient (Wildman–Crippen LogP) is 0.0171. The quantitative estimate of drug-likeness (QED) is 0.715. The first-order valence-corrected chi connectivity index (χ1v) is 4.64. The minimum Gasteiger partial charge on any atom is -0.359 e. The number of hydrogen-bond acceptors (Lipinski definition) is 4. The van der Waals surface area contributed by atoms with Crippen LogP contribution in [0.5, 0.6) is 0 Å². The van der Waals surface area contributed by atoms with Gasteiger partial charge in [-0.05, 0) is 6.92 Å². The van der Waals surface area contributed by atoms with E-state index < -0.39 is 0 Å². The van der Waals surface area contributed by atoms with E-state index in [1.165, 1.54) is 4.57 Å². The molecule has 0 spiro atoms. The molecule has 0 aromatic carbocycles. The molecule has 0 aliphatic carbocycles. The average molecular weight is 207 g/mol. The summed E-state index contributed by atoms with van der Waals surface area (Å²) in [6, 6.07) is 0. The second-order valence-corrected chi connectivity index (χ2v) is 3.46. The largest absolute Gasteiger partial charge is 0.359 e.